The molecule has 0 radical (unpaired) electrons. The third kappa shape index (κ3) is 3.29. The summed E-state index contributed by atoms with van der Waals surface area (Å²) in [5, 5.41) is 3.20. The van der Waals surface area contributed by atoms with E-state index in [4.69, 9.17) is 21.1 Å². The average molecular weight is 332 g/mol. The zero-order chi connectivity index (χ0) is 16.4. The van der Waals surface area contributed by atoms with Crippen molar-refractivity contribution in [2.75, 3.05) is 18.5 Å². The van der Waals surface area contributed by atoms with Gasteiger partial charge in [0.15, 0.2) is 17.3 Å². The zero-order valence-corrected chi connectivity index (χ0v) is 13.1. The lowest BCUT2D eigenvalue weighted by Crippen LogP contribution is -2.18. The minimum atomic E-state index is -0.355. The molecular weight excluding hydrogens is 318 g/mol. The molecule has 0 fully saturated rings. The first-order valence-electron chi connectivity index (χ1n) is 7.06. The van der Waals surface area contributed by atoms with Crippen LogP contribution >= 0.6 is 11.6 Å². The first-order chi connectivity index (χ1) is 11.0. The Kier molecular flexibility index (Phi) is 4.21. The maximum absolute atomic E-state index is 12.4. The van der Waals surface area contributed by atoms with Crippen molar-refractivity contribution < 1.29 is 19.1 Å². The van der Waals surface area contributed by atoms with Crippen LogP contribution in [0.15, 0.2) is 36.4 Å². The second-order valence-corrected chi connectivity index (χ2v) is 5.50. The first-order valence-corrected chi connectivity index (χ1v) is 7.44. The number of amides is 1. The summed E-state index contributed by atoms with van der Waals surface area (Å²) in [6, 6.07) is 9.77. The van der Waals surface area contributed by atoms with Gasteiger partial charge < -0.3 is 14.8 Å². The third-order valence-electron chi connectivity index (χ3n) is 3.40. The molecule has 1 heterocycles. The van der Waals surface area contributed by atoms with Crippen LogP contribution in [0.25, 0.3) is 0 Å². The molecule has 1 aliphatic heterocycles. The lowest BCUT2D eigenvalue weighted by molar-refractivity contribution is 0.101. The largest absolute Gasteiger partial charge is 0.486 e. The summed E-state index contributed by atoms with van der Waals surface area (Å²) in [6.07, 6.45) is 0. The molecule has 1 aliphatic rings. The third-order valence-corrected chi connectivity index (χ3v) is 3.63. The SMILES string of the molecule is CC(=O)c1cc2c(cc1NC(=O)c1cccc(Cl)c1)OCCO2. The molecule has 0 aromatic heterocycles. The minimum Gasteiger partial charge on any atom is -0.486 e. The van der Waals surface area contributed by atoms with Gasteiger partial charge in [0.25, 0.3) is 5.91 Å². The van der Waals surface area contributed by atoms with E-state index in [0.29, 0.717) is 46.5 Å². The van der Waals surface area contributed by atoms with E-state index in [0.717, 1.165) is 0 Å². The van der Waals surface area contributed by atoms with Gasteiger partial charge in [0.2, 0.25) is 0 Å². The van der Waals surface area contributed by atoms with Crippen molar-refractivity contribution in [2.24, 2.45) is 0 Å². The predicted octanol–water partition coefficient (Wildman–Crippen LogP) is 3.57. The Morgan fingerprint density at radius 3 is 2.43 bits per heavy atom. The molecule has 2 aromatic rings. The molecule has 6 heteroatoms. The van der Waals surface area contributed by atoms with Gasteiger partial charge in [-0.3, -0.25) is 9.59 Å². The summed E-state index contributed by atoms with van der Waals surface area (Å²) in [6.45, 7) is 2.28. The van der Waals surface area contributed by atoms with Gasteiger partial charge in [-0.2, -0.15) is 0 Å². The number of nitrogens with one attached hydrogen (secondary N) is 1. The Bertz CT molecular complexity index is 788. The van der Waals surface area contributed by atoms with E-state index in [-0.39, 0.29) is 11.7 Å². The Balaban J connectivity index is 1.95. The monoisotopic (exact) mass is 331 g/mol. The van der Waals surface area contributed by atoms with Gasteiger partial charge in [0.05, 0.1) is 5.69 Å². The Labute approximate surface area is 138 Å². The molecule has 118 valence electrons. The number of hydrogen-bond donors (Lipinski definition) is 1. The van der Waals surface area contributed by atoms with Crippen molar-refractivity contribution in [2.45, 2.75) is 6.92 Å². The van der Waals surface area contributed by atoms with E-state index < -0.39 is 0 Å². The van der Waals surface area contributed by atoms with Crippen LogP contribution in [0.3, 0.4) is 0 Å². The fourth-order valence-electron chi connectivity index (χ4n) is 2.31. The van der Waals surface area contributed by atoms with Crippen molar-refractivity contribution in [3.8, 4) is 11.5 Å². The van der Waals surface area contributed by atoms with Gasteiger partial charge >= 0.3 is 0 Å². The van der Waals surface area contributed by atoms with Gasteiger partial charge in [-0.25, -0.2) is 0 Å². The van der Waals surface area contributed by atoms with Crippen molar-refractivity contribution in [3.05, 3.63) is 52.5 Å². The molecule has 0 saturated heterocycles. The summed E-state index contributed by atoms with van der Waals surface area (Å²) in [5.74, 6) is 0.472. The number of carbonyl (C=O) groups excluding carboxylic acids is 2. The number of rotatable bonds is 3. The highest BCUT2D eigenvalue weighted by Gasteiger charge is 2.19. The van der Waals surface area contributed by atoms with Crippen LogP contribution in [0.1, 0.15) is 27.6 Å². The zero-order valence-electron chi connectivity index (χ0n) is 12.4. The molecule has 1 N–H and O–H groups in total. The van der Waals surface area contributed by atoms with Crippen LogP contribution in [0.4, 0.5) is 5.69 Å². The summed E-state index contributed by atoms with van der Waals surface area (Å²) in [5.41, 5.74) is 1.15. The normalized spacial score (nSPS) is 12.6. The van der Waals surface area contributed by atoms with E-state index in [1.807, 2.05) is 0 Å². The summed E-state index contributed by atoms with van der Waals surface area (Å²) < 4.78 is 11.0. The fraction of sp³-hybridized carbons (Fsp3) is 0.176. The van der Waals surface area contributed by atoms with Crippen LogP contribution < -0.4 is 14.8 Å². The number of hydrogen-bond acceptors (Lipinski definition) is 4. The minimum absolute atomic E-state index is 0.177. The molecule has 0 aliphatic carbocycles. The maximum Gasteiger partial charge on any atom is 0.255 e. The summed E-state index contributed by atoms with van der Waals surface area (Å²) >= 11 is 5.90. The van der Waals surface area contributed by atoms with Crippen molar-refractivity contribution >= 4 is 29.0 Å². The Morgan fingerprint density at radius 1 is 1.09 bits per heavy atom. The maximum atomic E-state index is 12.4. The molecule has 23 heavy (non-hydrogen) atoms. The number of ketones is 1. The standard InChI is InChI=1S/C17H14ClNO4/c1-10(20)13-8-15-16(23-6-5-22-15)9-14(13)19-17(21)11-3-2-4-12(18)7-11/h2-4,7-9H,5-6H2,1H3,(H,19,21). The second-order valence-electron chi connectivity index (χ2n) is 5.06. The molecule has 0 saturated carbocycles. The van der Waals surface area contributed by atoms with Gasteiger partial charge in [-0.05, 0) is 31.2 Å². The molecule has 2 aromatic carbocycles. The Morgan fingerprint density at radius 2 is 1.78 bits per heavy atom. The van der Waals surface area contributed by atoms with E-state index in [9.17, 15) is 9.59 Å². The molecule has 5 nitrogen and oxygen atoms in total. The number of fused-ring (bicyclic) bond motifs is 1. The van der Waals surface area contributed by atoms with E-state index in [1.54, 1.807) is 36.4 Å². The molecule has 0 bridgehead atoms. The van der Waals surface area contributed by atoms with Crippen LogP contribution in [0, 0.1) is 0 Å². The van der Waals surface area contributed by atoms with Crippen molar-refractivity contribution in [3.63, 3.8) is 0 Å². The fourth-order valence-corrected chi connectivity index (χ4v) is 2.50. The number of anilines is 1. The van der Waals surface area contributed by atoms with E-state index >= 15 is 0 Å². The van der Waals surface area contributed by atoms with Crippen LogP contribution in [0.5, 0.6) is 11.5 Å². The molecule has 0 atom stereocenters. The van der Waals surface area contributed by atoms with Crippen LogP contribution in [-0.4, -0.2) is 24.9 Å². The average Bonchev–Trinajstić information content (AvgIpc) is 2.54. The molecule has 0 unspecified atom stereocenters. The molecule has 0 spiro atoms. The van der Waals surface area contributed by atoms with Gasteiger partial charge in [-0.1, -0.05) is 17.7 Å². The van der Waals surface area contributed by atoms with Crippen molar-refractivity contribution in [1.29, 1.82) is 0 Å². The van der Waals surface area contributed by atoms with Gasteiger partial charge in [-0.15, -0.1) is 0 Å². The second kappa shape index (κ2) is 6.30. The predicted molar refractivity (Wildman–Crippen MR) is 86.8 cm³/mol. The van der Waals surface area contributed by atoms with Crippen molar-refractivity contribution in [1.82, 2.24) is 0 Å². The van der Waals surface area contributed by atoms with Crippen LogP contribution in [-0.2, 0) is 0 Å². The Hall–Kier alpha value is -2.53. The van der Waals surface area contributed by atoms with E-state index in [2.05, 4.69) is 5.32 Å². The van der Waals surface area contributed by atoms with Gasteiger partial charge in [0, 0.05) is 22.2 Å². The summed E-state index contributed by atoms with van der Waals surface area (Å²) in [4.78, 5) is 24.2. The molecule has 1 amide bonds. The number of ether oxygens (including phenoxy) is 2. The number of benzene rings is 2. The lowest BCUT2D eigenvalue weighted by Gasteiger charge is -2.20. The first kappa shape index (κ1) is 15.4. The quantitative estimate of drug-likeness (QED) is 0.873. The number of carbonyl (C=O) groups is 2. The topological polar surface area (TPSA) is 64.6 Å². The molecule has 3 rings (SSSR count). The smallest absolute Gasteiger partial charge is 0.255 e. The highest BCUT2D eigenvalue weighted by Crippen LogP contribution is 2.36. The summed E-state index contributed by atoms with van der Waals surface area (Å²) in [7, 11) is 0. The highest BCUT2D eigenvalue weighted by molar-refractivity contribution is 6.31. The van der Waals surface area contributed by atoms with Gasteiger partial charge in [0.1, 0.15) is 13.2 Å². The molecular formula is C17H14ClNO4. The lowest BCUT2D eigenvalue weighted by atomic mass is 10.1. The van der Waals surface area contributed by atoms with E-state index in [1.165, 1.54) is 6.92 Å². The number of halogens is 1. The van der Waals surface area contributed by atoms with Crippen LogP contribution in [0.2, 0.25) is 5.02 Å². The highest BCUT2D eigenvalue weighted by atomic mass is 35.5. The number of Topliss-reactive ketones (excluding diaryl/α,β-unsaturated/α-hetero) is 1.